The van der Waals surface area contributed by atoms with Crippen molar-refractivity contribution in [2.24, 2.45) is 44.3 Å². The monoisotopic (exact) mass is 503 g/mol. The predicted molar refractivity (Wildman–Crippen MR) is 139 cm³/mol. The molecule has 6 aliphatic carbocycles. The number of aliphatic hydroxyl groups is 1. The molecule has 6 aliphatic rings. The van der Waals surface area contributed by atoms with Crippen molar-refractivity contribution in [1.29, 1.82) is 5.26 Å². The van der Waals surface area contributed by atoms with Crippen LogP contribution < -0.4 is 0 Å². The van der Waals surface area contributed by atoms with Crippen LogP contribution in [0, 0.1) is 55.7 Å². The number of fused-ring (bicyclic) bond motifs is 8. The number of nitriles is 1. The summed E-state index contributed by atoms with van der Waals surface area (Å²) in [5, 5.41) is 22.7. The number of carbonyl (C=O) groups excluding carboxylic acids is 3. The Morgan fingerprint density at radius 3 is 2.22 bits per heavy atom. The van der Waals surface area contributed by atoms with Gasteiger partial charge < -0.3 is 5.11 Å². The van der Waals surface area contributed by atoms with Crippen molar-refractivity contribution >= 4 is 17.3 Å². The minimum Gasteiger partial charge on any atom is -0.381 e. The summed E-state index contributed by atoms with van der Waals surface area (Å²) in [4.78, 5) is 40.9. The molecule has 0 aromatic carbocycles. The Hall–Kier alpha value is -2.06. The standard InChI is InChI=1S/C32H41NO4/c1-19(34)30-11-9-26(2,3)17-23(30)32(37)24(35)15-22-27(4)16-20(18-33)25(36)31(13-14-31)21(27)7-8-28(22,5)29(32,6)10-12-30/h15-16,21,23,37H,7-14,17H2,1-6H3/t21-,23?,27+,28-,29+,30-,32-/m1/s1. The van der Waals surface area contributed by atoms with E-state index in [1.807, 2.05) is 6.08 Å². The summed E-state index contributed by atoms with van der Waals surface area (Å²) in [6, 6.07) is 2.18. The second kappa shape index (κ2) is 6.92. The molecule has 0 aliphatic heterocycles. The third kappa shape index (κ3) is 2.62. The predicted octanol–water partition coefficient (Wildman–Crippen LogP) is 5.66. The van der Waals surface area contributed by atoms with Gasteiger partial charge >= 0.3 is 0 Å². The van der Waals surface area contributed by atoms with Crippen LogP contribution in [0.1, 0.15) is 99.3 Å². The molecule has 5 nitrogen and oxygen atoms in total. The van der Waals surface area contributed by atoms with E-state index in [0.29, 0.717) is 19.3 Å². The van der Waals surface area contributed by atoms with E-state index in [4.69, 9.17) is 0 Å². The zero-order valence-electron chi connectivity index (χ0n) is 23.3. The molecule has 4 fully saturated rings. The minimum atomic E-state index is -1.63. The lowest BCUT2D eigenvalue weighted by molar-refractivity contribution is -0.241. The fraction of sp³-hybridized carbons (Fsp3) is 0.750. The summed E-state index contributed by atoms with van der Waals surface area (Å²) < 4.78 is 0. The van der Waals surface area contributed by atoms with Gasteiger partial charge in [0.1, 0.15) is 17.5 Å². The molecule has 0 aromatic heterocycles. The maximum Gasteiger partial charge on any atom is 0.188 e. The lowest BCUT2D eigenvalue weighted by Gasteiger charge is -2.71. The molecule has 37 heavy (non-hydrogen) atoms. The Balaban J connectivity index is 1.57. The quantitative estimate of drug-likeness (QED) is 0.498. The second-order valence-corrected chi connectivity index (χ2v) is 15.0. The average molecular weight is 504 g/mol. The normalized spacial score (nSPS) is 48.9. The van der Waals surface area contributed by atoms with Crippen molar-refractivity contribution in [2.75, 3.05) is 0 Å². The Morgan fingerprint density at radius 1 is 0.973 bits per heavy atom. The zero-order valence-corrected chi connectivity index (χ0v) is 23.3. The van der Waals surface area contributed by atoms with Crippen molar-refractivity contribution in [3.8, 4) is 6.07 Å². The first-order chi connectivity index (χ1) is 17.1. The van der Waals surface area contributed by atoms with Gasteiger partial charge in [-0.05, 0) is 93.1 Å². The van der Waals surface area contributed by atoms with Crippen LogP contribution in [-0.4, -0.2) is 28.1 Å². The number of hydrogen-bond acceptors (Lipinski definition) is 5. The molecular weight excluding hydrogens is 462 g/mol. The molecule has 198 valence electrons. The van der Waals surface area contributed by atoms with Gasteiger partial charge in [-0.25, -0.2) is 0 Å². The van der Waals surface area contributed by atoms with Crippen molar-refractivity contribution in [1.82, 2.24) is 0 Å². The van der Waals surface area contributed by atoms with E-state index < -0.39 is 38.6 Å². The highest BCUT2D eigenvalue weighted by Crippen LogP contribution is 2.77. The first-order valence-electron chi connectivity index (χ1n) is 14.3. The van der Waals surface area contributed by atoms with E-state index in [9.17, 15) is 24.8 Å². The van der Waals surface area contributed by atoms with Crippen LogP contribution in [-0.2, 0) is 14.4 Å². The van der Waals surface area contributed by atoms with Gasteiger partial charge in [-0.2, -0.15) is 5.26 Å². The van der Waals surface area contributed by atoms with E-state index in [0.717, 1.165) is 44.1 Å². The summed E-state index contributed by atoms with van der Waals surface area (Å²) >= 11 is 0. The molecule has 1 spiro atoms. The average Bonchev–Trinajstić information content (AvgIpc) is 3.62. The van der Waals surface area contributed by atoms with Crippen LogP contribution in [0.15, 0.2) is 23.3 Å². The second-order valence-electron chi connectivity index (χ2n) is 15.0. The molecule has 0 heterocycles. The molecular formula is C32H41NO4. The van der Waals surface area contributed by atoms with Gasteiger partial charge in [0.2, 0.25) is 0 Å². The molecule has 1 unspecified atom stereocenters. The van der Waals surface area contributed by atoms with Crippen LogP contribution in [0.2, 0.25) is 0 Å². The van der Waals surface area contributed by atoms with Gasteiger partial charge in [-0.15, -0.1) is 0 Å². The van der Waals surface area contributed by atoms with Crippen molar-refractivity contribution in [3.63, 3.8) is 0 Å². The van der Waals surface area contributed by atoms with Gasteiger partial charge in [0, 0.05) is 27.6 Å². The highest BCUT2D eigenvalue weighted by molar-refractivity contribution is 6.07. The summed E-state index contributed by atoms with van der Waals surface area (Å²) in [7, 11) is 0. The highest BCUT2D eigenvalue weighted by Gasteiger charge is 2.77. The lowest BCUT2D eigenvalue weighted by atomic mass is 9.33. The third-order valence-corrected chi connectivity index (χ3v) is 13.2. The summed E-state index contributed by atoms with van der Waals surface area (Å²) in [5.41, 5.74) is -3.41. The zero-order chi connectivity index (χ0) is 27.0. The van der Waals surface area contributed by atoms with Gasteiger partial charge in [-0.1, -0.05) is 40.7 Å². The largest absolute Gasteiger partial charge is 0.381 e. The number of allylic oxidation sites excluding steroid dienone is 3. The first kappa shape index (κ1) is 25.2. The molecule has 0 amide bonds. The Kier molecular flexibility index (Phi) is 4.72. The Labute approximate surface area is 220 Å². The first-order valence-corrected chi connectivity index (χ1v) is 14.3. The molecule has 0 saturated heterocycles. The maximum atomic E-state index is 14.4. The summed E-state index contributed by atoms with van der Waals surface area (Å²) in [5.74, 6) is -0.526. The summed E-state index contributed by atoms with van der Waals surface area (Å²) in [6.45, 7) is 12.5. The topological polar surface area (TPSA) is 95.2 Å². The fourth-order valence-electron chi connectivity index (χ4n) is 10.6. The van der Waals surface area contributed by atoms with Crippen LogP contribution >= 0.6 is 0 Å². The number of carbonyl (C=O) groups is 3. The molecule has 4 saturated carbocycles. The van der Waals surface area contributed by atoms with Gasteiger partial charge in [0.05, 0.1) is 5.57 Å². The molecule has 0 radical (unpaired) electrons. The van der Waals surface area contributed by atoms with E-state index in [1.165, 1.54) is 0 Å². The van der Waals surface area contributed by atoms with Crippen LogP contribution in [0.4, 0.5) is 0 Å². The molecule has 7 atom stereocenters. The number of nitrogens with zero attached hydrogens (tertiary/aromatic N) is 1. The lowest BCUT2D eigenvalue weighted by Crippen LogP contribution is -2.74. The number of rotatable bonds is 1. The number of hydrogen-bond donors (Lipinski definition) is 1. The van der Waals surface area contributed by atoms with E-state index >= 15 is 0 Å². The van der Waals surface area contributed by atoms with Crippen LogP contribution in [0.3, 0.4) is 0 Å². The molecule has 1 N–H and O–H groups in total. The van der Waals surface area contributed by atoms with Crippen molar-refractivity contribution < 1.29 is 19.5 Å². The maximum absolute atomic E-state index is 14.4. The van der Waals surface area contributed by atoms with E-state index in [1.54, 1.807) is 13.0 Å². The molecule has 0 bridgehead atoms. The third-order valence-electron chi connectivity index (χ3n) is 13.2. The number of ketones is 3. The fourth-order valence-corrected chi connectivity index (χ4v) is 10.6. The van der Waals surface area contributed by atoms with Crippen molar-refractivity contribution in [3.05, 3.63) is 23.3 Å². The Bertz CT molecular complexity index is 1260. The molecule has 0 aromatic rings. The van der Waals surface area contributed by atoms with Crippen LogP contribution in [0.5, 0.6) is 0 Å². The molecule has 5 heteroatoms. The van der Waals surface area contributed by atoms with Gasteiger partial charge in [-0.3, -0.25) is 14.4 Å². The number of Topliss-reactive ketones (excluding diaryl/α,β-unsaturated/α-hetero) is 2. The van der Waals surface area contributed by atoms with E-state index in [2.05, 4.69) is 40.7 Å². The van der Waals surface area contributed by atoms with Crippen molar-refractivity contribution in [2.45, 2.75) is 105 Å². The molecule has 6 rings (SSSR count). The SMILES string of the molecule is CC(=O)[C@]12CCC(C)(C)CC1[C@@]1(O)C(=O)C=C3[C@@]4(C)C=C(C#N)C(=O)C5(CC5)[C@@H]4CC[C@@]3(C)[C@]1(C)CC2. The minimum absolute atomic E-state index is 0.0140. The van der Waals surface area contributed by atoms with Gasteiger partial charge in [0.25, 0.3) is 0 Å². The smallest absolute Gasteiger partial charge is 0.188 e. The van der Waals surface area contributed by atoms with E-state index in [-0.39, 0.29) is 34.3 Å². The van der Waals surface area contributed by atoms with Gasteiger partial charge in [0.15, 0.2) is 11.6 Å². The highest BCUT2D eigenvalue weighted by atomic mass is 16.3. The Morgan fingerprint density at radius 2 is 1.62 bits per heavy atom. The summed E-state index contributed by atoms with van der Waals surface area (Å²) in [6.07, 6.45) is 10.4. The van der Waals surface area contributed by atoms with Crippen LogP contribution in [0.25, 0.3) is 0 Å².